The van der Waals surface area contributed by atoms with E-state index < -0.39 is 16.1 Å². The van der Waals surface area contributed by atoms with E-state index in [-0.39, 0.29) is 70.1 Å². The predicted octanol–water partition coefficient (Wildman–Crippen LogP) is 4.47. The molecule has 0 radical (unpaired) electrons. The van der Waals surface area contributed by atoms with Crippen molar-refractivity contribution in [2.75, 3.05) is 19.3 Å². The number of unbranched alkanes of at least 4 members (excludes halogenated alkanes) is 11. The van der Waals surface area contributed by atoms with Crippen molar-refractivity contribution in [2.24, 2.45) is 0 Å². The summed E-state index contributed by atoms with van der Waals surface area (Å²) in [5.41, 5.74) is 0. The predicted molar refractivity (Wildman–Crippen MR) is 120 cm³/mol. The quantitative estimate of drug-likeness (QED) is 0.138. The van der Waals surface area contributed by atoms with Gasteiger partial charge in [0.2, 0.25) is 0 Å². The Morgan fingerprint density at radius 2 is 1.36 bits per heavy atom. The molecule has 0 aromatic rings. The van der Waals surface area contributed by atoms with Gasteiger partial charge < -0.3 is 9.50 Å². The minimum atomic E-state index is -3.73. The first-order valence-electron chi connectivity index (χ1n) is 10.8. The van der Waals surface area contributed by atoms with Crippen molar-refractivity contribution in [3.8, 4) is 0 Å². The zero-order valence-corrected chi connectivity index (χ0v) is 18.3. The first-order valence-corrected chi connectivity index (χ1v) is 12.3. The normalized spacial score (nSPS) is 11.5. The SMILES string of the molecule is CCCCCCCC/C=C\CCCCCCCC(=O)OS(=O)(=O)CCNC.[KH]. The van der Waals surface area contributed by atoms with E-state index in [9.17, 15) is 13.2 Å². The molecule has 0 rings (SSSR count). The van der Waals surface area contributed by atoms with Crippen molar-refractivity contribution >= 4 is 67.5 Å². The van der Waals surface area contributed by atoms with Crippen LogP contribution in [-0.4, -0.2) is 85.1 Å². The van der Waals surface area contributed by atoms with E-state index in [2.05, 4.69) is 28.6 Å². The Balaban J connectivity index is 0. The van der Waals surface area contributed by atoms with Crippen LogP contribution in [0.2, 0.25) is 0 Å². The fourth-order valence-corrected chi connectivity index (χ4v) is 3.70. The van der Waals surface area contributed by atoms with E-state index in [1.54, 1.807) is 7.05 Å². The van der Waals surface area contributed by atoms with Gasteiger partial charge in [0.1, 0.15) is 0 Å². The molecule has 5 nitrogen and oxygen atoms in total. The Morgan fingerprint density at radius 1 is 0.857 bits per heavy atom. The standard InChI is InChI=1S/C21H41NO4S.K.H/c1-3-4-5-6-7-8-9-10-11-12-13-14-15-16-17-18-21(23)26-27(24,25)20-19-22-2;;/h10-11,22H,3-9,12-20H2,1-2H3;;/b11-10-;;. The van der Waals surface area contributed by atoms with E-state index >= 15 is 0 Å². The van der Waals surface area contributed by atoms with Gasteiger partial charge in [0, 0.05) is 13.0 Å². The molecule has 0 unspecified atom stereocenters. The van der Waals surface area contributed by atoms with Gasteiger partial charge in [-0.05, 0) is 39.2 Å². The van der Waals surface area contributed by atoms with Crippen molar-refractivity contribution in [1.82, 2.24) is 5.32 Å². The maximum absolute atomic E-state index is 11.5. The summed E-state index contributed by atoms with van der Waals surface area (Å²) < 4.78 is 27.5. The first kappa shape index (κ1) is 30.9. The molecule has 162 valence electrons. The van der Waals surface area contributed by atoms with E-state index in [0.29, 0.717) is 6.42 Å². The second kappa shape index (κ2) is 22.4. The van der Waals surface area contributed by atoms with Gasteiger partial charge in [-0.2, -0.15) is 8.42 Å². The van der Waals surface area contributed by atoms with Crippen molar-refractivity contribution in [3.63, 3.8) is 0 Å². The van der Waals surface area contributed by atoms with Crippen molar-refractivity contribution in [3.05, 3.63) is 12.2 Å². The van der Waals surface area contributed by atoms with Crippen LogP contribution in [0, 0.1) is 0 Å². The summed E-state index contributed by atoms with van der Waals surface area (Å²) in [4.78, 5) is 11.5. The molecule has 0 aliphatic heterocycles. The van der Waals surface area contributed by atoms with E-state index in [1.807, 2.05) is 0 Å². The third-order valence-corrected chi connectivity index (χ3v) is 5.61. The van der Waals surface area contributed by atoms with Gasteiger partial charge in [-0.3, -0.25) is 4.79 Å². The summed E-state index contributed by atoms with van der Waals surface area (Å²) in [6.07, 6.45) is 20.2. The Bertz CT molecular complexity index is 481. The summed E-state index contributed by atoms with van der Waals surface area (Å²) >= 11 is 0. The van der Waals surface area contributed by atoms with Gasteiger partial charge in [0.05, 0.1) is 5.75 Å². The van der Waals surface area contributed by atoms with Crippen LogP contribution in [0.4, 0.5) is 0 Å². The number of rotatable bonds is 19. The van der Waals surface area contributed by atoms with E-state index in [0.717, 1.165) is 25.7 Å². The molecule has 0 aromatic carbocycles. The molecular formula is C21H42KNO4S. The molecule has 0 bridgehead atoms. The van der Waals surface area contributed by atoms with Crippen LogP contribution in [-0.2, 0) is 19.1 Å². The van der Waals surface area contributed by atoms with Crippen LogP contribution in [0.15, 0.2) is 12.2 Å². The molecule has 0 aromatic heterocycles. The van der Waals surface area contributed by atoms with Gasteiger partial charge in [-0.1, -0.05) is 70.4 Å². The molecule has 0 heterocycles. The fraction of sp³-hybridized carbons (Fsp3) is 0.857. The van der Waals surface area contributed by atoms with Crippen LogP contribution >= 0.6 is 0 Å². The summed E-state index contributed by atoms with van der Waals surface area (Å²) in [6, 6.07) is 0. The Morgan fingerprint density at radius 3 is 1.89 bits per heavy atom. The van der Waals surface area contributed by atoms with Crippen LogP contribution in [0.3, 0.4) is 0 Å². The van der Waals surface area contributed by atoms with Gasteiger partial charge in [0.15, 0.2) is 0 Å². The third kappa shape index (κ3) is 23.0. The number of hydrogen-bond donors (Lipinski definition) is 1. The molecule has 0 saturated carbocycles. The van der Waals surface area contributed by atoms with Crippen LogP contribution in [0.25, 0.3) is 0 Å². The molecule has 7 heteroatoms. The number of allylic oxidation sites excluding steroid dienone is 2. The third-order valence-electron chi connectivity index (χ3n) is 4.46. The average Bonchev–Trinajstić information content (AvgIpc) is 2.63. The van der Waals surface area contributed by atoms with Gasteiger partial charge in [0.25, 0.3) is 0 Å². The number of hydrogen-bond acceptors (Lipinski definition) is 5. The van der Waals surface area contributed by atoms with Crippen molar-refractivity contribution in [1.29, 1.82) is 0 Å². The second-order valence-corrected chi connectivity index (χ2v) is 8.85. The van der Waals surface area contributed by atoms with Crippen LogP contribution in [0.1, 0.15) is 96.8 Å². The molecule has 0 spiro atoms. The first-order chi connectivity index (χ1) is 13.0. The molecule has 0 aliphatic carbocycles. The molecule has 0 aliphatic rings. The zero-order valence-electron chi connectivity index (χ0n) is 17.5. The van der Waals surface area contributed by atoms with E-state index in [1.165, 1.54) is 51.4 Å². The molecule has 0 saturated heterocycles. The number of carbonyl (C=O) groups is 1. The maximum atomic E-state index is 11.5. The molecule has 28 heavy (non-hydrogen) atoms. The zero-order chi connectivity index (χ0) is 20.2. The molecule has 0 amide bonds. The topological polar surface area (TPSA) is 72.5 Å². The number of nitrogens with one attached hydrogen (secondary N) is 1. The second-order valence-electron chi connectivity index (χ2n) is 7.15. The minimum absolute atomic E-state index is 0. The summed E-state index contributed by atoms with van der Waals surface area (Å²) in [5, 5.41) is 2.72. The Kier molecular flexibility index (Phi) is 24.8. The van der Waals surface area contributed by atoms with Crippen LogP contribution in [0.5, 0.6) is 0 Å². The molecule has 0 atom stereocenters. The monoisotopic (exact) mass is 443 g/mol. The molecule has 0 fully saturated rings. The summed E-state index contributed by atoms with van der Waals surface area (Å²) in [7, 11) is -2.08. The van der Waals surface area contributed by atoms with Crippen LogP contribution < -0.4 is 5.32 Å². The number of carbonyl (C=O) groups excluding carboxylic acids is 1. The van der Waals surface area contributed by atoms with E-state index in [4.69, 9.17) is 0 Å². The van der Waals surface area contributed by atoms with Gasteiger partial charge in [-0.25, -0.2) is 0 Å². The van der Waals surface area contributed by atoms with Crippen molar-refractivity contribution in [2.45, 2.75) is 96.8 Å². The summed E-state index contributed by atoms with van der Waals surface area (Å²) in [5.74, 6) is -0.814. The molecule has 1 N–H and O–H groups in total. The summed E-state index contributed by atoms with van der Waals surface area (Å²) in [6.45, 7) is 2.53. The molecular weight excluding hydrogens is 401 g/mol. The Hall–Kier alpha value is 0.756. The fourth-order valence-electron chi connectivity index (χ4n) is 2.79. The Labute approximate surface area is 216 Å². The van der Waals surface area contributed by atoms with Gasteiger partial charge >= 0.3 is 67.5 Å². The average molecular weight is 444 g/mol. The van der Waals surface area contributed by atoms with Gasteiger partial charge in [-0.15, -0.1) is 0 Å². The van der Waals surface area contributed by atoms with Crippen molar-refractivity contribution < 1.29 is 17.4 Å².